The van der Waals surface area contributed by atoms with E-state index in [4.69, 9.17) is 4.42 Å². The van der Waals surface area contributed by atoms with Crippen LogP contribution in [0.25, 0.3) is 0 Å². The molecule has 9 heteroatoms. The van der Waals surface area contributed by atoms with Gasteiger partial charge in [0, 0.05) is 31.9 Å². The molecule has 1 aliphatic heterocycles. The molecule has 0 saturated carbocycles. The van der Waals surface area contributed by atoms with E-state index in [0.717, 1.165) is 18.7 Å². The van der Waals surface area contributed by atoms with Crippen molar-refractivity contribution in [2.75, 3.05) is 31.1 Å². The number of hydrogen-bond acceptors (Lipinski definition) is 6. The number of hydrogen-bond donors (Lipinski definition) is 1. The first-order valence-corrected chi connectivity index (χ1v) is 10.0. The molecular formula is C19H20FN5O2S. The van der Waals surface area contributed by atoms with Gasteiger partial charge in [-0.05, 0) is 42.8 Å². The van der Waals surface area contributed by atoms with Crippen LogP contribution in [0.15, 0.2) is 52.3 Å². The quantitative estimate of drug-likeness (QED) is 0.662. The number of nitrogens with zero attached hydrogens (tertiary/aromatic N) is 4. The summed E-state index contributed by atoms with van der Waals surface area (Å²) in [5, 5.41) is 7.28. The molecule has 1 aromatic carbocycles. The summed E-state index contributed by atoms with van der Waals surface area (Å²) in [6.45, 7) is 2.79. The van der Waals surface area contributed by atoms with E-state index < -0.39 is 0 Å². The van der Waals surface area contributed by atoms with Gasteiger partial charge in [-0.3, -0.25) is 9.89 Å². The SMILES string of the molecule is O=C(c1ccc(CSc2ncn[nH]2)o1)N1CCCN(c2ccc(F)cc2)CC1. The van der Waals surface area contributed by atoms with Gasteiger partial charge in [-0.25, -0.2) is 9.37 Å². The lowest BCUT2D eigenvalue weighted by Crippen LogP contribution is -2.35. The molecule has 4 rings (SSSR count). The Labute approximate surface area is 165 Å². The van der Waals surface area contributed by atoms with Crippen LogP contribution in [0.3, 0.4) is 0 Å². The van der Waals surface area contributed by atoms with E-state index in [1.807, 2.05) is 11.0 Å². The molecule has 0 bridgehead atoms. The van der Waals surface area contributed by atoms with Crippen LogP contribution in [0.1, 0.15) is 22.7 Å². The van der Waals surface area contributed by atoms with Gasteiger partial charge in [0.2, 0.25) is 0 Å². The van der Waals surface area contributed by atoms with Crippen molar-refractivity contribution < 1.29 is 13.6 Å². The Bertz CT molecular complexity index is 913. The van der Waals surface area contributed by atoms with Crippen LogP contribution in [-0.2, 0) is 5.75 Å². The van der Waals surface area contributed by atoms with Gasteiger partial charge in [0.15, 0.2) is 10.9 Å². The van der Waals surface area contributed by atoms with Gasteiger partial charge in [-0.2, -0.15) is 5.10 Å². The van der Waals surface area contributed by atoms with E-state index in [1.54, 1.807) is 18.2 Å². The second kappa shape index (κ2) is 8.47. The molecule has 3 aromatic rings. The molecule has 7 nitrogen and oxygen atoms in total. The first-order valence-electron chi connectivity index (χ1n) is 9.06. The third kappa shape index (κ3) is 4.36. The van der Waals surface area contributed by atoms with Crippen molar-refractivity contribution in [2.24, 2.45) is 0 Å². The Hall–Kier alpha value is -2.81. The summed E-state index contributed by atoms with van der Waals surface area (Å²) in [4.78, 5) is 20.9. The van der Waals surface area contributed by atoms with Crippen LogP contribution >= 0.6 is 11.8 Å². The summed E-state index contributed by atoms with van der Waals surface area (Å²) in [7, 11) is 0. The molecule has 1 amide bonds. The number of furan rings is 1. The number of H-pyrrole nitrogens is 1. The van der Waals surface area contributed by atoms with E-state index in [9.17, 15) is 9.18 Å². The Morgan fingerprint density at radius 3 is 2.79 bits per heavy atom. The maximum absolute atomic E-state index is 13.1. The van der Waals surface area contributed by atoms with Crippen LogP contribution < -0.4 is 4.90 Å². The molecule has 28 heavy (non-hydrogen) atoms. The molecule has 1 N–H and O–H groups in total. The highest BCUT2D eigenvalue weighted by Crippen LogP contribution is 2.22. The molecule has 0 aliphatic carbocycles. The predicted molar refractivity (Wildman–Crippen MR) is 104 cm³/mol. The number of aromatic nitrogens is 3. The average molecular weight is 401 g/mol. The Kier molecular flexibility index (Phi) is 5.61. The number of thioether (sulfide) groups is 1. The lowest BCUT2D eigenvalue weighted by molar-refractivity contribution is 0.0733. The fraction of sp³-hybridized carbons (Fsp3) is 0.316. The second-order valence-electron chi connectivity index (χ2n) is 6.45. The Morgan fingerprint density at radius 1 is 1.14 bits per heavy atom. The number of aromatic amines is 1. The predicted octanol–water partition coefficient (Wildman–Crippen LogP) is 3.18. The van der Waals surface area contributed by atoms with Crippen molar-refractivity contribution in [1.82, 2.24) is 20.1 Å². The van der Waals surface area contributed by atoms with Crippen LogP contribution in [0.4, 0.5) is 10.1 Å². The number of nitrogens with one attached hydrogen (secondary N) is 1. The number of carbonyl (C=O) groups is 1. The molecule has 0 unspecified atom stereocenters. The molecule has 0 radical (unpaired) electrons. The van der Waals surface area contributed by atoms with Crippen LogP contribution in [0.5, 0.6) is 0 Å². The van der Waals surface area contributed by atoms with Crippen molar-refractivity contribution in [2.45, 2.75) is 17.3 Å². The molecule has 1 fully saturated rings. The maximum Gasteiger partial charge on any atom is 0.289 e. The summed E-state index contributed by atoms with van der Waals surface area (Å²) >= 11 is 1.46. The van der Waals surface area contributed by atoms with Crippen molar-refractivity contribution in [3.63, 3.8) is 0 Å². The Morgan fingerprint density at radius 2 is 2.00 bits per heavy atom. The summed E-state index contributed by atoms with van der Waals surface area (Å²) < 4.78 is 18.9. The molecule has 0 spiro atoms. The molecule has 3 heterocycles. The molecule has 0 atom stereocenters. The van der Waals surface area contributed by atoms with Crippen LogP contribution in [0, 0.1) is 5.82 Å². The minimum atomic E-state index is -0.245. The lowest BCUT2D eigenvalue weighted by Gasteiger charge is -2.23. The number of rotatable bonds is 5. The second-order valence-corrected chi connectivity index (χ2v) is 7.42. The standard InChI is InChI=1S/C19H20FN5O2S/c20-14-2-4-15(5-3-14)24-8-1-9-25(11-10-24)18(26)17-7-6-16(27-17)12-28-19-21-13-22-23-19/h2-7,13H,1,8-12H2,(H,21,22,23). The van der Waals surface area contributed by atoms with Gasteiger partial charge in [0.1, 0.15) is 17.9 Å². The van der Waals surface area contributed by atoms with E-state index >= 15 is 0 Å². The van der Waals surface area contributed by atoms with Gasteiger partial charge in [-0.1, -0.05) is 11.8 Å². The zero-order chi connectivity index (χ0) is 19.3. The smallest absolute Gasteiger partial charge is 0.289 e. The molecule has 1 aliphatic rings. The van der Waals surface area contributed by atoms with Crippen LogP contribution in [-0.4, -0.2) is 52.2 Å². The molecule has 146 valence electrons. The first kappa shape index (κ1) is 18.5. The Balaban J connectivity index is 1.35. The summed E-state index contributed by atoms with van der Waals surface area (Å²) in [6.07, 6.45) is 2.30. The summed E-state index contributed by atoms with van der Waals surface area (Å²) in [5.41, 5.74) is 0.973. The minimum absolute atomic E-state index is 0.100. The highest BCUT2D eigenvalue weighted by Gasteiger charge is 2.23. The third-order valence-corrected chi connectivity index (χ3v) is 5.49. The monoisotopic (exact) mass is 401 g/mol. The zero-order valence-electron chi connectivity index (χ0n) is 15.2. The molecule has 2 aromatic heterocycles. The van der Waals surface area contributed by atoms with Gasteiger partial charge in [-0.15, -0.1) is 0 Å². The van der Waals surface area contributed by atoms with Crippen molar-refractivity contribution in [3.8, 4) is 0 Å². The van der Waals surface area contributed by atoms with E-state index in [-0.39, 0.29) is 11.7 Å². The highest BCUT2D eigenvalue weighted by atomic mass is 32.2. The number of benzene rings is 1. The highest BCUT2D eigenvalue weighted by molar-refractivity contribution is 7.98. The summed E-state index contributed by atoms with van der Waals surface area (Å²) in [5.74, 6) is 1.29. The number of carbonyl (C=O) groups excluding carboxylic acids is 1. The van der Waals surface area contributed by atoms with Crippen molar-refractivity contribution >= 4 is 23.4 Å². The average Bonchev–Trinajstić information content (AvgIpc) is 3.34. The maximum atomic E-state index is 13.1. The van der Waals surface area contributed by atoms with Gasteiger partial charge >= 0.3 is 0 Å². The van der Waals surface area contributed by atoms with Gasteiger partial charge < -0.3 is 14.2 Å². The molecule has 1 saturated heterocycles. The first-order chi connectivity index (χ1) is 13.7. The minimum Gasteiger partial charge on any atom is -0.455 e. The molecular weight excluding hydrogens is 381 g/mol. The topological polar surface area (TPSA) is 78.3 Å². The van der Waals surface area contributed by atoms with Gasteiger partial charge in [0.25, 0.3) is 5.91 Å². The van der Waals surface area contributed by atoms with Gasteiger partial charge in [0.05, 0.1) is 5.75 Å². The zero-order valence-corrected chi connectivity index (χ0v) is 16.0. The van der Waals surface area contributed by atoms with Crippen LogP contribution in [0.2, 0.25) is 0 Å². The van der Waals surface area contributed by atoms with E-state index in [2.05, 4.69) is 20.1 Å². The normalized spacial score (nSPS) is 14.9. The fourth-order valence-electron chi connectivity index (χ4n) is 3.16. The van der Waals surface area contributed by atoms with E-state index in [1.165, 1.54) is 30.2 Å². The van der Waals surface area contributed by atoms with Crippen molar-refractivity contribution in [3.05, 3.63) is 60.1 Å². The summed E-state index contributed by atoms with van der Waals surface area (Å²) in [6, 6.07) is 10.0. The fourth-order valence-corrected chi connectivity index (χ4v) is 3.83. The van der Waals surface area contributed by atoms with E-state index in [0.29, 0.717) is 42.1 Å². The lowest BCUT2D eigenvalue weighted by atomic mass is 10.2. The largest absolute Gasteiger partial charge is 0.455 e. The number of anilines is 1. The van der Waals surface area contributed by atoms with Crippen molar-refractivity contribution in [1.29, 1.82) is 0 Å². The number of halogens is 1. The number of amides is 1. The third-order valence-electron chi connectivity index (χ3n) is 4.59.